The van der Waals surface area contributed by atoms with E-state index in [9.17, 15) is 9.59 Å². The van der Waals surface area contributed by atoms with E-state index >= 15 is 0 Å². The monoisotopic (exact) mass is 449 g/mol. The third kappa shape index (κ3) is 3.92. The zero-order valence-corrected chi connectivity index (χ0v) is 19.4. The summed E-state index contributed by atoms with van der Waals surface area (Å²) in [5.74, 6) is 0.693. The number of hydrogen-bond acceptors (Lipinski definition) is 8. The Kier molecular flexibility index (Phi) is 6.09. The van der Waals surface area contributed by atoms with E-state index in [-0.39, 0.29) is 12.0 Å². The van der Waals surface area contributed by atoms with Crippen molar-refractivity contribution < 1.29 is 23.8 Å². The van der Waals surface area contributed by atoms with Gasteiger partial charge in [-0.1, -0.05) is 26.0 Å². The van der Waals surface area contributed by atoms with Crippen LogP contribution in [0, 0.1) is 5.92 Å². The van der Waals surface area contributed by atoms with Gasteiger partial charge in [-0.2, -0.15) is 0 Å². The first-order valence-electron chi connectivity index (χ1n) is 10.7. The minimum Gasteiger partial charge on any atom is -0.497 e. The van der Waals surface area contributed by atoms with Crippen LogP contribution in [0.5, 0.6) is 5.75 Å². The van der Waals surface area contributed by atoms with E-state index in [2.05, 4.69) is 9.89 Å². The van der Waals surface area contributed by atoms with Crippen molar-refractivity contribution in [3.8, 4) is 5.75 Å². The lowest BCUT2D eigenvalue weighted by atomic mass is 9.93. The second-order valence-corrected chi connectivity index (χ2v) is 8.19. The number of fused-ring (bicyclic) bond motifs is 3. The van der Waals surface area contributed by atoms with E-state index in [1.165, 1.54) is 14.2 Å². The van der Waals surface area contributed by atoms with Crippen molar-refractivity contribution in [3.63, 3.8) is 0 Å². The highest BCUT2D eigenvalue weighted by atomic mass is 16.5. The van der Waals surface area contributed by atoms with Crippen molar-refractivity contribution in [2.45, 2.75) is 26.4 Å². The number of hydrogen-bond donors (Lipinski definition) is 0. The average molecular weight is 450 g/mol. The van der Waals surface area contributed by atoms with E-state index in [0.29, 0.717) is 23.6 Å². The molecule has 0 fully saturated rings. The molecule has 2 aromatic rings. The molecule has 0 amide bonds. The molecule has 2 aromatic carbocycles. The first-order chi connectivity index (χ1) is 15.9. The molecule has 8 heteroatoms. The minimum absolute atomic E-state index is 0.0661. The van der Waals surface area contributed by atoms with E-state index in [4.69, 9.17) is 14.2 Å². The van der Waals surface area contributed by atoms with Crippen molar-refractivity contribution in [1.29, 1.82) is 0 Å². The van der Waals surface area contributed by atoms with Crippen LogP contribution in [0.1, 0.15) is 29.8 Å². The van der Waals surface area contributed by atoms with Gasteiger partial charge in [0.05, 0.1) is 56.4 Å². The van der Waals surface area contributed by atoms with E-state index in [1.54, 1.807) is 25.4 Å². The van der Waals surface area contributed by atoms with E-state index in [0.717, 1.165) is 22.7 Å². The van der Waals surface area contributed by atoms with Crippen LogP contribution in [0.15, 0.2) is 59.2 Å². The van der Waals surface area contributed by atoms with Gasteiger partial charge in [0.25, 0.3) is 0 Å². The van der Waals surface area contributed by atoms with Gasteiger partial charge in [-0.3, -0.25) is 0 Å². The number of benzene rings is 2. The molecule has 2 heterocycles. The first kappa shape index (κ1) is 22.4. The number of aliphatic imine (C=N–C) groups is 1. The molecule has 8 nitrogen and oxygen atoms in total. The number of nitrogens with zero attached hydrogens (tertiary/aromatic N) is 3. The summed E-state index contributed by atoms with van der Waals surface area (Å²) in [7, 11) is 4.36. The second-order valence-electron chi connectivity index (χ2n) is 8.19. The molecular weight excluding hydrogens is 422 g/mol. The summed E-state index contributed by atoms with van der Waals surface area (Å²) in [6.45, 7) is 4.64. The molecule has 0 radical (unpaired) electrons. The molecule has 0 bridgehead atoms. The van der Waals surface area contributed by atoms with E-state index < -0.39 is 11.9 Å². The molecule has 0 aliphatic carbocycles. The Labute approximate surface area is 193 Å². The Bertz CT molecular complexity index is 1140. The van der Waals surface area contributed by atoms with E-state index in [1.807, 2.05) is 49.1 Å². The van der Waals surface area contributed by atoms with Gasteiger partial charge in [-0.25, -0.2) is 14.6 Å². The van der Waals surface area contributed by atoms with Crippen LogP contribution in [0.25, 0.3) is 0 Å². The molecule has 2 aliphatic rings. The Morgan fingerprint density at radius 1 is 0.970 bits per heavy atom. The van der Waals surface area contributed by atoms with Gasteiger partial charge < -0.3 is 24.0 Å². The molecule has 1 unspecified atom stereocenters. The topological polar surface area (TPSA) is 80.7 Å². The highest BCUT2D eigenvalue weighted by Crippen LogP contribution is 2.44. The summed E-state index contributed by atoms with van der Waals surface area (Å²) in [6.07, 6.45) is 1.59. The molecule has 1 atom stereocenters. The maximum Gasteiger partial charge on any atom is 0.337 e. The van der Waals surface area contributed by atoms with Crippen LogP contribution in [0.2, 0.25) is 0 Å². The zero-order chi connectivity index (χ0) is 23.7. The molecule has 0 aromatic heterocycles. The molecule has 2 aliphatic heterocycles. The van der Waals surface area contributed by atoms with Gasteiger partial charge >= 0.3 is 11.9 Å². The number of ether oxygens (including phenoxy) is 3. The normalized spacial score (nSPS) is 16.6. The lowest BCUT2D eigenvalue weighted by molar-refractivity contribution is -0.136. The fourth-order valence-electron chi connectivity index (χ4n) is 4.30. The first-order valence-corrected chi connectivity index (χ1v) is 10.7. The van der Waals surface area contributed by atoms with Crippen LogP contribution in [0.3, 0.4) is 0 Å². The molecule has 0 saturated heterocycles. The predicted octanol–water partition coefficient (Wildman–Crippen LogP) is 3.76. The Hall–Kier alpha value is -3.81. The van der Waals surface area contributed by atoms with Crippen molar-refractivity contribution >= 4 is 29.3 Å². The van der Waals surface area contributed by atoms with Gasteiger partial charge in [-0.15, -0.1) is 0 Å². The van der Waals surface area contributed by atoms with Crippen molar-refractivity contribution in [2.75, 3.05) is 31.1 Å². The second kappa shape index (κ2) is 8.97. The highest BCUT2D eigenvalue weighted by Gasteiger charge is 2.44. The van der Waals surface area contributed by atoms with Gasteiger partial charge in [0.1, 0.15) is 5.75 Å². The largest absolute Gasteiger partial charge is 0.497 e. The predicted molar refractivity (Wildman–Crippen MR) is 126 cm³/mol. The SMILES string of the molecule is COC(=O)C1=CN=C2N(Cc3ccc(OC)cc3)c3ccc(C(=O)OC)cc3N2C1C(C)C. The van der Waals surface area contributed by atoms with Gasteiger partial charge in [-0.05, 0) is 41.8 Å². The Balaban J connectivity index is 1.84. The lowest BCUT2D eigenvalue weighted by Crippen LogP contribution is -2.50. The van der Waals surface area contributed by atoms with Crippen LogP contribution in [-0.4, -0.2) is 45.3 Å². The molecule has 0 saturated carbocycles. The van der Waals surface area contributed by atoms with Crippen molar-refractivity contribution in [3.05, 3.63) is 65.4 Å². The third-order valence-corrected chi connectivity index (χ3v) is 5.87. The van der Waals surface area contributed by atoms with Crippen molar-refractivity contribution in [1.82, 2.24) is 0 Å². The zero-order valence-electron chi connectivity index (χ0n) is 19.4. The van der Waals surface area contributed by atoms with Crippen LogP contribution < -0.4 is 14.5 Å². The number of guanidine groups is 1. The van der Waals surface area contributed by atoms with Gasteiger partial charge in [0.15, 0.2) is 0 Å². The molecule has 172 valence electrons. The maximum atomic E-state index is 12.6. The molecule has 4 rings (SSSR count). The molecule has 0 spiro atoms. The summed E-state index contributed by atoms with van der Waals surface area (Å²) in [4.78, 5) is 33.6. The Morgan fingerprint density at radius 3 is 2.27 bits per heavy atom. The van der Waals surface area contributed by atoms with Crippen molar-refractivity contribution in [2.24, 2.45) is 10.9 Å². The summed E-state index contributed by atoms with van der Waals surface area (Å²) in [5.41, 5.74) is 3.64. The summed E-state index contributed by atoms with van der Waals surface area (Å²) in [6, 6.07) is 13.0. The fourth-order valence-corrected chi connectivity index (χ4v) is 4.30. The van der Waals surface area contributed by atoms with Crippen LogP contribution >= 0.6 is 0 Å². The fraction of sp³-hybridized carbons (Fsp3) is 0.320. The lowest BCUT2D eigenvalue weighted by Gasteiger charge is -2.36. The summed E-state index contributed by atoms with van der Waals surface area (Å²) in [5, 5.41) is 0. The highest BCUT2D eigenvalue weighted by molar-refractivity contribution is 6.19. The molecule has 0 N–H and O–H groups in total. The molecular formula is C25H27N3O5. The Morgan fingerprint density at radius 2 is 1.67 bits per heavy atom. The van der Waals surface area contributed by atoms with Crippen LogP contribution in [-0.2, 0) is 20.8 Å². The smallest absolute Gasteiger partial charge is 0.337 e. The number of anilines is 2. The third-order valence-electron chi connectivity index (χ3n) is 5.87. The van der Waals surface area contributed by atoms with Gasteiger partial charge in [0.2, 0.25) is 5.96 Å². The standard InChI is InChI=1S/C25H27N3O5/c1-15(2)22-19(24(30)33-5)13-26-25-27(14-16-6-9-18(31-3)10-7-16)20-11-8-17(23(29)32-4)12-21(20)28(22)25/h6-13,15,22H,14H2,1-5H3. The number of carbonyl (C=O) groups is 2. The average Bonchev–Trinajstić information content (AvgIpc) is 3.15. The molecule has 33 heavy (non-hydrogen) atoms. The maximum absolute atomic E-state index is 12.6. The summed E-state index contributed by atoms with van der Waals surface area (Å²) >= 11 is 0. The summed E-state index contributed by atoms with van der Waals surface area (Å²) < 4.78 is 15.2. The quantitative estimate of drug-likeness (QED) is 0.621. The minimum atomic E-state index is -0.424. The number of rotatable bonds is 6. The number of carbonyl (C=O) groups excluding carboxylic acids is 2. The number of esters is 2. The van der Waals surface area contributed by atoms with Gasteiger partial charge in [0, 0.05) is 6.20 Å². The number of methoxy groups -OCH3 is 3. The van der Waals surface area contributed by atoms with Crippen LogP contribution in [0.4, 0.5) is 11.4 Å².